The molecule has 1 heterocycles. The van der Waals surface area contributed by atoms with Gasteiger partial charge in [-0.2, -0.15) is 0 Å². The van der Waals surface area contributed by atoms with Crippen molar-refractivity contribution in [1.29, 1.82) is 0 Å². The maximum atomic E-state index is 6.25. The van der Waals surface area contributed by atoms with E-state index in [1.807, 2.05) is 30.3 Å². The van der Waals surface area contributed by atoms with Crippen molar-refractivity contribution >= 4 is 23.2 Å². The molecule has 1 aliphatic heterocycles. The minimum atomic E-state index is -1.02. The minimum Gasteiger partial charge on any atom is -0.349 e. The summed E-state index contributed by atoms with van der Waals surface area (Å²) in [5.41, 5.74) is 0.988. The first-order chi connectivity index (χ1) is 8.13. The van der Waals surface area contributed by atoms with Crippen molar-refractivity contribution in [2.45, 2.75) is 36.5 Å². The third-order valence-electron chi connectivity index (χ3n) is 2.76. The van der Waals surface area contributed by atoms with Gasteiger partial charge in [0.1, 0.15) is 6.10 Å². The highest BCUT2D eigenvalue weighted by Gasteiger charge is 2.43. The zero-order valence-corrected chi connectivity index (χ0v) is 11.2. The predicted molar refractivity (Wildman–Crippen MR) is 69.4 cm³/mol. The molecule has 0 amide bonds. The monoisotopic (exact) mass is 274 g/mol. The Balaban J connectivity index is 2.16. The first-order valence-electron chi connectivity index (χ1n) is 5.83. The van der Waals surface area contributed by atoms with E-state index in [1.54, 1.807) is 0 Å². The maximum Gasteiger partial charge on any atom is 0.171 e. The Kier molecular flexibility index (Phi) is 4.31. The molecule has 4 heteroatoms. The van der Waals surface area contributed by atoms with Gasteiger partial charge in [0, 0.05) is 0 Å². The number of ether oxygens (including phenoxy) is 2. The molecule has 1 aliphatic rings. The molecule has 1 fully saturated rings. The molecule has 0 bridgehead atoms. The summed E-state index contributed by atoms with van der Waals surface area (Å²) in [5, 5.41) is 0. The van der Waals surface area contributed by atoms with Crippen molar-refractivity contribution < 1.29 is 9.47 Å². The fourth-order valence-corrected chi connectivity index (χ4v) is 2.39. The molecule has 1 aromatic carbocycles. The quantitative estimate of drug-likeness (QED) is 0.774. The number of hydrogen-bond donors (Lipinski definition) is 0. The third kappa shape index (κ3) is 3.14. The molecule has 0 radical (unpaired) electrons. The van der Waals surface area contributed by atoms with E-state index in [4.69, 9.17) is 32.7 Å². The lowest BCUT2D eigenvalue weighted by Gasteiger charge is -2.38. The summed E-state index contributed by atoms with van der Waals surface area (Å²) in [4.78, 5) is 0. The van der Waals surface area contributed by atoms with Gasteiger partial charge in [-0.05, 0) is 12.0 Å². The molecular weight excluding hydrogens is 259 g/mol. The number of halogens is 2. The summed E-state index contributed by atoms with van der Waals surface area (Å²) in [7, 11) is 0. The van der Waals surface area contributed by atoms with Crippen molar-refractivity contribution in [3.8, 4) is 0 Å². The van der Waals surface area contributed by atoms with Crippen LogP contribution in [0.25, 0.3) is 0 Å². The Morgan fingerprint density at radius 2 is 2.00 bits per heavy atom. The van der Waals surface area contributed by atoms with Gasteiger partial charge in [-0.15, -0.1) is 0 Å². The van der Waals surface area contributed by atoms with E-state index in [0.717, 1.165) is 18.4 Å². The lowest BCUT2D eigenvalue weighted by Crippen LogP contribution is -2.41. The summed E-state index contributed by atoms with van der Waals surface area (Å²) >= 11 is 12.5. The second-order valence-corrected chi connectivity index (χ2v) is 5.76. The van der Waals surface area contributed by atoms with Crippen LogP contribution in [0, 0.1) is 0 Å². The standard InChI is InChI=1S/C13H16Cl2O2/c1-2-6-11-16-9-13(14,15)12(17-11)10-7-4-3-5-8-10/h3-5,7-8,11-12H,2,6,9H2,1H3/t11-,12-/m0/s1. The maximum absolute atomic E-state index is 6.25. The molecular formula is C13H16Cl2O2. The predicted octanol–water partition coefficient (Wildman–Crippen LogP) is 4.07. The SMILES string of the molecule is CCC[C@H]1OCC(Cl)(Cl)[C@H](c2ccccc2)O1. The van der Waals surface area contributed by atoms with Crippen molar-refractivity contribution in [2.24, 2.45) is 0 Å². The van der Waals surface area contributed by atoms with Crippen LogP contribution in [0.2, 0.25) is 0 Å². The minimum absolute atomic E-state index is 0.212. The van der Waals surface area contributed by atoms with E-state index >= 15 is 0 Å². The van der Waals surface area contributed by atoms with E-state index in [-0.39, 0.29) is 12.4 Å². The molecule has 0 N–H and O–H groups in total. The van der Waals surface area contributed by atoms with Gasteiger partial charge in [0.15, 0.2) is 10.6 Å². The van der Waals surface area contributed by atoms with Gasteiger partial charge in [0.2, 0.25) is 0 Å². The molecule has 0 spiro atoms. The van der Waals surface area contributed by atoms with Crippen molar-refractivity contribution in [3.05, 3.63) is 35.9 Å². The van der Waals surface area contributed by atoms with Crippen LogP contribution in [0.5, 0.6) is 0 Å². The van der Waals surface area contributed by atoms with Crippen LogP contribution in [0.1, 0.15) is 31.4 Å². The second kappa shape index (κ2) is 5.57. The van der Waals surface area contributed by atoms with Gasteiger partial charge >= 0.3 is 0 Å². The van der Waals surface area contributed by atoms with E-state index in [1.165, 1.54) is 0 Å². The van der Waals surface area contributed by atoms with Gasteiger partial charge in [-0.25, -0.2) is 0 Å². The van der Waals surface area contributed by atoms with Gasteiger partial charge in [0.05, 0.1) is 6.61 Å². The molecule has 1 saturated heterocycles. The molecule has 94 valence electrons. The first-order valence-corrected chi connectivity index (χ1v) is 6.59. The molecule has 1 aromatic rings. The van der Waals surface area contributed by atoms with Gasteiger partial charge < -0.3 is 9.47 Å². The second-order valence-electron chi connectivity index (χ2n) is 4.22. The van der Waals surface area contributed by atoms with E-state index in [2.05, 4.69) is 6.92 Å². The van der Waals surface area contributed by atoms with Crippen LogP contribution in [0.15, 0.2) is 30.3 Å². The lowest BCUT2D eigenvalue weighted by atomic mass is 10.1. The Morgan fingerprint density at radius 1 is 1.29 bits per heavy atom. The van der Waals surface area contributed by atoms with Crippen molar-refractivity contribution in [1.82, 2.24) is 0 Å². The number of alkyl halides is 2. The van der Waals surface area contributed by atoms with Crippen LogP contribution in [0.3, 0.4) is 0 Å². The average Bonchev–Trinajstić information content (AvgIpc) is 2.33. The van der Waals surface area contributed by atoms with Crippen molar-refractivity contribution in [2.75, 3.05) is 6.61 Å². The fourth-order valence-electron chi connectivity index (χ4n) is 1.91. The molecule has 0 unspecified atom stereocenters. The molecule has 2 atom stereocenters. The highest BCUT2D eigenvalue weighted by Crippen LogP contribution is 2.43. The summed E-state index contributed by atoms with van der Waals surface area (Å²) < 4.78 is 10.3. The number of hydrogen-bond acceptors (Lipinski definition) is 2. The normalized spacial score (nSPS) is 27.9. The summed E-state index contributed by atoms with van der Waals surface area (Å²) in [6.45, 7) is 2.38. The van der Waals surface area contributed by atoms with Gasteiger partial charge in [-0.3, -0.25) is 0 Å². The first kappa shape index (κ1) is 13.2. The Bertz CT molecular complexity index is 354. The molecule has 0 aliphatic carbocycles. The Hall–Kier alpha value is -0.280. The van der Waals surface area contributed by atoms with E-state index in [9.17, 15) is 0 Å². The Morgan fingerprint density at radius 3 is 2.65 bits per heavy atom. The smallest absolute Gasteiger partial charge is 0.171 e. The molecule has 2 rings (SSSR count). The van der Waals surface area contributed by atoms with Gasteiger partial charge in [-0.1, -0.05) is 66.9 Å². The molecule has 0 aromatic heterocycles. The summed E-state index contributed by atoms with van der Waals surface area (Å²) in [6, 6.07) is 9.80. The number of rotatable bonds is 3. The largest absolute Gasteiger partial charge is 0.349 e. The van der Waals surface area contributed by atoms with E-state index in [0.29, 0.717) is 6.61 Å². The van der Waals surface area contributed by atoms with Crippen LogP contribution >= 0.6 is 23.2 Å². The highest BCUT2D eigenvalue weighted by molar-refractivity contribution is 6.49. The van der Waals surface area contributed by atoms with Crippen LogP contribution < -0.4 is 0 Å². The topological polar surface area (TPSA) is 18.5 Å². The van der Waals surface area contributed by atoms with Crippen LogP contribution in [-0.2, 0) is 9.47 Å². The molecule has 0 saturated carbocycles. The molecule has 2 nitrogen and oxygen atoms in total. The highest BCUT2D eigenvalue weighted by atomic mass is 35.5. The summed E-state index contributed by atoms with van der Waals surface area (Å²) in [6.07, 6.45) is 1.31. The zero-order chi connectivity index (χ0) is 12.3. The fraction of sp³-hybridized carbons (Fsp3) is 0.538. The van der Waals surface area contributed by atoms with Gasteiger partial charge in [0.25, 0.3) is 0 Å². The van der Waals surface area contributed by atoms with E-state index < -0.39 is 4.33 Å². The Labute approximate surface area is 112 Å². The average molecular weight is 275 g/mol. The van der Waals surface area contributed by atoms with Crippen LogP contribution in [0.4, 0.5) is 0 Å². The summed E-state index contributed by atoms with van der Waals surface area (Å²) in [5.74, 6) is 0. The van der Waals surface area contributed by atoms with Crippen LogP contribution in [-0.4, -0.2) is 17.2 Å². The molecule has 17 heavy (non-hydrogen) atoms. The van der Waals surface area contributed by atoms with Crippen molar-refractivity contribution in [3.63, 3.8) is 0 Å². The third-order valence-corrected chi connectivity index (χ3v) is 3.37. The lowest BCUT2D eigenvalue weighted by molar-refractivity contribution is -0.221. The zero-order valence-electron chi connectivity index (χ0n) is 9.74. The number of benzene rings is 1.